The van der Waals surface area contributed by atoms with Gasteiger partial charge in [-0.15, -0.1) is 0 Å². The van der Waals surface area contributed by atoms with Crippen LogP contribution in [0.1, 0.15) is 25.0 Å². The minimum Gasteiger partial charge on any atom is -0.338 e. The average molecular weight is 258 g/mol. The largest absolute Gasteiger partial charge is 0.338 e. The molecule has 0 radical (unpaired) electrons. The quantitative estimate of drug-likeness (QED) is 0.714. The van der Waals surface area contributed by atoms with E-state index in [0.717, 1.165) is 25.2 Å². The summed E-state index contributed by atoms with van der Waals surface area (Å²) < 4.78 is 1.88. The van der Waals surface area contributed by atoms with Gasteiger partial charge in [-0.3, -0.25) is 9.59 Å². The SMILES string of the molecule is C=C(C)C(=O)N1C[C@H]2C[C@H](C1)c1cccc(=O)n1C2. The van der Waals surface area contributed by atoms with Gasteiger partial charge < -0.3 is 9.47 Å². The zero-order valence-electron chi connectivity index (χ0n) is 11.1. The molecule has 0 aliphatic carbocycles. The van der Waals surface area contributed by atoms with E-state index in [1.807, 2.05) is 21.6 Å². The third-order valence-corrected chi connectivity index (χ3v) is 4.13. The molecule has 1 aromatic rings. The maximum Gasteiger partial charge on any atom is 0.250 e. The molecule has 4 nitrogen and oxygen atoms in total. The summed E-state index contributed by atoms with van der Waals surface area (Å²) in [5.74, 6) is 0.709. The zero-order chi connectivity index (χ0) is 13.6. The summed E-state index contributed by atoms with van der Waals surface area (Å²) in [6.45, 7) is 7.66. The average Bonchev–Trinajstić information content (AvgIpc) is 2.39. The van der Waals surface area contributed by atoms with Gasteiger partial charge in [-0.25, -0.2) is 0 Å². The molecule has 0 spiro atoms. The van der Waals surface area contributed by atoms with E-state index in [1.54, 1.807) is 13.0 Å². The zero-order valence-corrected chi connectivity index (χ0v) is 11.1. The molecule has 4 heteroatoms. The van der Waals surface area contributed by atoms with Crippen LogP contribution in [0.2, 0.25) is 0 Å². The molecule has 2 aliphatic heterocycles. The molecular weight excluding hydrogens is 240 g/mol. The Labute approximate surface area is 112 Å². The summed E-state index contributed by atoms with van der Waals surface area (Å²) in [4.78, 5) is 25.8. The molecule has 100 valence electrons. The molecule has 0 aromatic carbocycles. The van der Waals surface area contributed by atoms with Crippen molar-refractivity contribution in [1.29, 1.82) is 0 Å². The number of aromatic nitrogens is 1. The number of rotatable bonds is 1. The fourth-order valence-electron chi connectivity index (χ4n) is 3.33. The first kappa shape index (κ1) is 12.2. The lowest BCUT2D eigenvalue weighted by Gasteiger charge is -2.42. The standard InChI is InChI=1S/C15H18N2O2/c1-10(2)15(19)16-7-11-6-12(9-16)13-4-3-5-14(18)17(13)8-11/h3-5,11-12H,1,6-9H2,2H3/t11-,12-/m1/s1. The fourth-order valence-corrected chi connectivity index (χ4v) is 3.33. The van der Waals surface area contributed by atoms with E-state index >= 15 is 0 Å². The molecule has 1 aromatic heterocycles. The predicted molar refractivity (Wildman–Crippen MR) is 72.9 cm³/mol. The number of amides is 1. The van der Waals surface area contributed by atoms with Gasteiger partial charge in [0.15, 0.2) is 0 Å². The lowest BCUT2D eigenvalue weighted by molar-refractivity contribution is -0.129. The Morgan fingerprint density at radius 3 is 2.84 bits per heavy atom. The maximum atomic E-state index is 12.1. The maximum absolute atomic E-state index is 12.1. The Morgan fingerprint density at radius 1 is 1.32 bits per heavy atom. The fraction of sp³-hybridized carbons (Fsp3) is 0.467. The first-order valence-electron chi connectivity index (χ1n) is 6.71. The van der Waals surface area contributed by atoms with Gasteiger partial charge in [0.05, 0.1) is 0 Å². The van der Waals surface area contributed by atoms with Crippen LogP contribution >= 0.6 is 0 Å². The van der Waals surface area contributed by atoms with Crippen LogP contribution < -0.4 is 5.56 Å². The number of piperidine rings is 1. The van der Waals surface area contributed by atoms with E-state index in [1.165, 1.54) is 0 Å². The number of hydrogen-bond donors (Lipinski definition) is 0. The minimum atomic E-state index is 0.0430. The van der Waals surface area contributed by atoms with Crippen molar-refractivity contribution in [3.05, 3.63) is 46.4 Å². The molecule has 0 unspecified atom stereocenters. The van der Waals surface area contributed by atoms with Crippen molar-refractivity contribution in [2.24, 2.45) is 5.92 Å². The smallest absolute Gasteiger partial charge is 0.250 e. The third-order valence-electron chi connectivity index (χ3n) is 4.13. The summed E-state index contributed by atoms with van der Waals surface area (Å²) in [7, 11) is 0. The Kier molecular flexibility index (Phi) is 2.81. The monoisotopic (exact) mass is 258 g/mol. The molecule has 3 heterocycles. The number of hydrogen-bond acceptors (Lipinski definition) is 2. The van der Waals surface area contributed by atoms with Gasteiger partial charge in [-0.2, -0.15) is 0 Å². The summed E-state index contributed by atoms with van der Waals surface area (Å²) >= 11 is 0. The van der Waals surface area contributed by atoms with E-state index in [2.05, 4.69) is 6.58 Å². The van der Waals surface area contributed by atoms with E-state index in [0.29, 0.717) is 18.0 Å². The molecule has 3 rings (SSSR count). The summed E-state index contributed by atoms with van der Waals surface area (Å²) in [5.41, 5.74) is 1.74. The molecule has 0 N–H and O–H groups in total. The Bertz CT molecular complexity index is 602. The number of fused-ring (bicyclic) bond motifs is 4. The van der Waals surface area contributed by atoms with E-state index in [9.17, 15) is 9.59 Å². The summed E-state index contributed by atoms with van der Waals surface area (Å²) in [6.07, 6.45) is 1.07. The van der Waals surface area contributed by atoms with Gasteiger partial charge in [0.1, 0.15) is 0 Å². The summed E-state index contributed by atoms with van der Waals surface area (Å²) in [5, 5.41) is 0. The normalized spacial score (nSPS) is 24.8. The molecule has 1 amide bonds. The number of likely N-dealkylation sites (tertiary alicyclic amines) is 1. The number of carbonyl (C=O) groups is 1. The van der Waals surface area contributed by atoms with Gasteiger partial charge in [-0.05, 0) is 25.3 Å². The second kappa shape index (κ2) is 4.37. The predicted octanol–water partition coefficient (Wildman–Crippen LogP) is 1.37. The molecule has 19 heavy (non-hydrogen) atoms. The van der Waals surface area contributed by atoms with E-state index in [4.69, 9.17) is 0 Å². The number of nitrogens with zero attached hydrogens (tertiary/aromatic N) is 2. The number of pyridine rings is 1. The lowest BCUT2D eigenvalue weighted by atomic mass is 9.83. The Morgan fingerprint density at radius 2 is 2.11 bits per heavy atom. The van der Waals surface area contributed by atoms with Crippen LogP contribution in [0.5, 0.6) is 0 Å². The van der Waals surface area contributed by atoms with Crippen molar-refractivity contribution in [1.82, 2.24) is 9.47 Å². The highest BCUT2D eigenvalue weighted by atomic mass is 16.2. The van der Waals surface area contributed by atoms with Crippen LogP contribution in [0.15, 0.2) is 35.1 Å². The van der Waals surface area contributed by atoms with E-state index in [-0.39, 0.29) is 17.4 Å². The Balaban J connectivity index is 1.94. The van der Waals surface area contributed by atoms with Crippen LogP contribution in [0.25, 0.3) is 0 Å². The summed E-state index contributed by atoms with van der Waals surface area (Å²) in [6, 6.07) is 5.44. The minimum absolute atomic E-state index is 0.0430. The van der Waals surface area contributed by atoms with Gasteiger partial charge in [0.2, 0.25) is 5.91 Å². The van der Waals surface area contributed by atoms with Crippen LogP contribution in [-0.4, -0.2) is 28.5 Å². The van der Waals surface area contributed by atoms with Crippen molar-refractivity contribution < 1.29 is 4.79 Å². The van der Waals surface area contributed by atoms with E-state index < -0.39 is 0 Å². The first-order chi connectivity index (χ1) is 9.06. The topological polar surface area (TPSA) is 42.3 Å². The first-order valence-corrected chi connectivity index (χ1v) is 6.71. The van der Waals surface area contributed by atoms with Crippen LogP contribution in [-0.2, 0) is 11.3 Å². The van der Waals surface area contributed by atoms with Gasteiger partial charge >= 0.3 is 0 Å². The second-order valence-electron chi connectivity index (χ2n) is 5.69. The molecule has 2 aliphatic rings. The van der Waals surface area contributed by atoms with Crippen LogP contribution in [0.4, 0.5) is 0 Å². The van der Waals surface area contributed by atoms with Gasteiger partial charge in [-0.1, -0.05) is 12.6 Å². The van der Waals surface area contributed by atoms with Crippen LogP contribution in [0, 0.1) is 5.92 Å². The molecule has 1 saturated heterocycles. The highest BCUT2D eigenvalue weighted by Crippen LogP contribution is 2.35. The van der Waals surface area contributed by atoms with Crippen molar-refractivity contribution in [3.63, 3.8) is 0 Å². The highest BCUT2D eigenvalue weighted by Gasteiger charge is 2.36. The lowest BCUT2D eigenvalue weighted by Crippen LogP contribution is -2.49. The van der Waals surface area contributed by atoms with Crippen LogP contribution in [0.3, 0.4) is 0 Å². The molecule has 0 saturated carbocycles. The van der Waals surface area contributed by atoms with Gasteiger partial charge in [0.25, 0.3) is 5.56 Å². The highest BCUT2D eigenvalue weighted by molar-refractivity contribution is 5.92. The second-order valence-corrected chi connectivity index (χ2v) is 5.69. The third kappa shape index (κ3) is 2.01. The van der Waals surface area contributed by atoms with Crippen molar-refractivity contribution in [3.8, 4) is 0 Å². The molecule has 1 fully saturated rings. The molecular formula is C15H18N2O2. The molecule has 2 atom stereocenters. The van der Waals surface area contributed by atoms with Crippen molar-refractivity contribution >= 4 is 5.91 Å². The van der Waals surface area contributed by atoms with Crippen molar-refractivity contribution in [2.45, 2.75) is 25.8 Å². The van der Waals surface area contributed by atoms with Crippen molar-refractivity contribution in [2.75, 3.05) is 13.1 Å². The molecule has 2 bridgehead atoms. The Hall–Kier alpha value is -1.84. The van der Waals surface area contributed by atoms with Gasteiger partial charge in [0, 0.05) is 42.9 Å². The number of carbonyl (C=O) groups excluding carboxylic acids is 1.